The molecular formula is C14H15N3O2S. The third-order valence-corrected chi connectivity index (χ3v) is 3.19. The average molecular weight is 289 g/mol. The minimum Gasteiger partial charge on any atom is -0.495 e. The van der Waals surface area contributed by atoms with Crippen molar-refractivity contribution in [2.45, 2.75) is 0 Å². The van der Waals surface area contributed by atoms with Gasteiger partial charge in [0, 0.05) is 5.56 Å². The maximum absolute atomic E-state index is 11.6. The molecule has 6 heteroatoms. The van der Waals surface area contributed by atoms with Crippen LogP contribution in [0.15, 0.2) is 46.2 Å². The van der Waals surface area contributed by atoms with Crippen LogP contribution in [-0.2, 0) is 4.79 Å². The maximum atomic E-state index is 11.6. The fourth-order valence-electron chi connectivity index (χ4n) is 1.53. The number of hydrogen-bond acceptors (Lipinski definition) is 5. The standard InChI is InChI=1S/C14H15N3O2S/c1-19-13-5-3-2-4-12(13)15-9-14(18)17-16-8-11-6-7-20-10-11/h2-8,10,15H,9H2,1H3,(H,17,18)/b16-8+. The zero-order chi connectivity index (χ0) is 14.2. The molecule has 0 bridgehead atoms. The molecule has 1 heterocycles. The molecule has 2 aromatic rings. The monoisotopic (exact) mass is 289 g/mol. The lowest BCUT2D eigenvalue weighted by Crippen LogP contribution is -2.26. The fraction of sp³-hybridized carbons (Fsp3) is 0.143. The zero-order valence-corrected chi connectivity index (χ0v) is 11.8. The summed E-state index contributed by atoms with van der Waals surface area (Å²) in [5, 5.41) is 10.8. The Morgan fingerprint density at radius 1 is 1.40 bits per heavy atom. The van der Waals surface area contributed by atoms with Crippen molar-refractivity contribution < 1.29 is 9.53 Å². The van der Waals surface area contributed by atoms with E-state index in [2.05, 4.69) is 15.8 Å². The topological polar surface area (TPSA) is 62.7 Å². The van der Waals surface area contributed by atoms with E-state index in [0.29, 0.717) is 5.75 Å². The van der Waals surface area contributed by atoms with Gasteiger partial charge in [-0.3, -0.25) is 4.79 Å². The minimum atomic E-state index is -0.220. The summed E-state index contributed by atoms with van der Waals surface area (Å²) in [5.41, 5.74) is 4.20. The number of nitrogens with zero attached hydrogens (tertiary/aromatic N) is 1. The van der Waals surface area contributed by atoms with Gasteiger partial charge >= 0.3 is 0 Å². The van der Waals surface area contributed by atoms with E-state index in [0.717, 1.165) is 11.3 Å². The van der Waals surface area contributed by atoms with Crippen LogP contribution in [0.3, 0.4) is 0 Å². The molecule has 1 aromatic carbocycles. The highest BCUT2D eigenvalue weighted by Gasteiger charge is 2.03. The van der Waals surface area contributed by atoms with Crippen molar-refractivity contribution >= 4 is 29.1 Å². The molecule has 2 rings (SSSR count). The second kappa shape index (κ2) is 7.30. The summed E-state index contributed by atoms with van der Waals surface area (Å²) >= 11 is 1.58. The molecule has 0 atom stereocenters. The van der Waals surface area contributed by atoms with Gasteiger partial charge in [0.05, 0.1) is 25.6 Å². The molecule has 0 spiro atoms. The van der Waals surface area contributed by atoms with E-state index < -0.39 is 0 Å². The number of hydrogen-bond donors (Lipinski definition) is 2. The first kappa shape index (κ1) is 14.1. The lowest BCUT2D eigenvalue weighted by Gasteiger charge is -2.09. The van der Waals surface area contributed by atoms with Crippen LogP contribution >= 0.6 is 11.3 Å². The highest BCUT2D eigenvalue weighted by molar-refractivity contribution is 7.08. The van der Waals surface area contributed by atoms with E-state index in [-0.39, 0.29) is 12.5 Å². The molecule has 20 heavy (non-hydrogen) atoms. The van der Waals surface area contributed by atoms with Crippen molar-refractivity contribution in [1.29, 1.82) is 0 Å². The molecule has 5 nitrogen and oxygen atoms in total. The number of ether oxygens (including phenoxy) is 1. The van der Waals surface area contributed by atoms with Gasteiger partial charge in [-0.1, -0.05) is 12.1 Å². The lowest BCUT2D eigenvalue weighted by molar-refractivity contribution is -0.119. The Morgan fingerprint density at radius 2 is 2.25 bits per heavy atom. The van der Waals surface area contributed by atoms with Gasteiger partial charge in [-0.25, -0.2) is 5.43 Å². The normalized spacial score (nSPS) is 10.4. The summed E-state index contributed by atoms with van der Waals surface area (Å²) in [4.78, 5) is 11.6. The number of hydrazone groups is 1. The molecule has 0 aliphatic rings. The number of anilines is 1. The van der Waals surface area contributed by atoms with Crippen LogP contribution in [0.25, 0.3) is 0 Å². The first-order valence-electron chi connectivity index (χ1n) is 6.00. The second-order valence-corrected chi connectivity index (χ2v) is 4.68. The summed E-state index contributed by atoms with van der Waals surface area (Å²) in [6, 6.07) is 9.34. The summed E-state index contributed by atoms with van der Waals surface area (Å²) < 4.78 is 5.19. The van der Waals surface area contributed by atoms with Crippen LogP contribution in [-0.4, -0.2) is 25.8 Å². The summed E-state index contributed by atoms with van der Waals surface area (Å²) in [7, 11) is 1.59. The number of thiophene rings is 1. The second-order valence-electron chi connectivity index (χ2n) is 3.90. The molecule has 0 unspecified atom stereocenters. The largest absolute Gasteiger partial charge is 0.495 e. The van der Waals surface area contributed by atoms with Gasteiger partial charge < -0.3 is 10.1 Å². The molecular weight excluding hydrogens is 274 g/mol. The minimum absolute atomic E-state index is 0.126. The van der Waals surface area contributed by atoms with E-state index in [1.54, 1.807) is 24.7 Å². The summed E-state index contributed by atoms with van der Waals surface area (Å²) in [6.07, 6.45) is 1.61. The maximum Gasteiger partial charge on any atom is 0.259 e. The van der Waals surface area contributed by atoms with Crippen LogP contribution in [0.5, 0.6) is 5.75 Å². The highest BCUT2D eigenvalue weighted by atomic mass is 32.1. The van der Waals surface area contributed by atoms with Gasteiger partial charge in [-0.15, -0.1) is 0 Å². The third-order valence-electron chi connectivity index (χ3n) is 2.49. The van der Waals surface area contributed by atoms with Crippen LogP contribution in [0.1, 0.15) is 5.56 Å². The molecule has 0 saturated carbocycles. The van der Waals surface area contributed by atoms with Crippen molar-refractivity contribution in [3.63, 3.8) is 0 Å². The van der Waals surface area contributed by atoms with E-state index >= 15 is 0 Å². The van der Waals surface area contributed by atoms with E-state index in [1.165, 1.54) is 0 Å². The quantitative estimate of drug-likeness (QED) is 0.633. The number of benzene rings is 1. The number of nitrogens with one attached hydrogen (secondary N) is 2. The van der Waals surface area contributed by atoms with Crippen molar-refractivity contribution in [3.8, 4) is 5.75 Å². The van der Waals surface area contributed by atoms with Gasteiger partial charge in [-0.2, -0.15) is 16.4 Å². The Morgan fingerprint density at radius 3 is 3.00 bits per heavy atom. The Bertz CT molecular complexity index is 582. The van der Waals surface area contributed by atoms with Crippen molar-refractivity contribution in [1.82, 2.24) is 5.43 Å². The lowest BCUT2D eigenvalue weighted by atomic mass is 10.3. The van der Waals surface area contributed by atoms with Gasteiger partial charge in [0.1, 0.15) is 5.75 Å². The fourth-order valence-corrected chi connectivity index (χ4v) is 2.14. The Hall–Kier alpha value is -2.34. The Labute approximate surface area is 121 Å². The van der Waals surface area contributed by atoms with Crippen molar-refractivity contribution in [3.05, 3.63) is 46.7 Å². The van der Waals surface area contributed by atoms with Gasteiger partial charge in [0.2, 0.25) is 0 Å². The third kappa shape index (κ3) is 4.10. The summed E-state index contributed by atoms with van der Waals surface area (Å²) in [5.74, 6) is 0.476. The molecule has 0 aliphatic heterocycles. The van der Waals surface area contributed by atoms with Gasteiger partial charge in [0.15, 0.2) is 0 Å². The van der Waals surface area contributed by atoms with Gasteiger partial charge in [-0.05, 0) is 29.0 Å². The zero-order valence-electron chi connectivity index (χ0n) is 11.0. The number of carbonyl (C=O) groups is 1. The smallest absolute Gasteiger partial charge is 0.259 e. The van der Waals surface area contributed by atoms with Crippen LogP contribution < -0.4 is 15.5 Å². The molecule has 0 radical (unpaired) electrons. The van der Waals surface area contributed by atoms with Crippen LogP contribution in [0.4, 0.5) is 5.69 Å². The predicted octanol–water partition coefficient (Wildman–Crippen LogP) is 2.32. The molecule has 0 aliphatic carbocycles. The number of amides is 1. The van der Waals surface area contributed by atoms with E-state index in [1.807, 2.05) is 41.1 Å². The van der Waals surface area contributed by atoms with E-state index in [4.69, 9.17) is 4.74 Å². The molecule has 2 N–H and O–H groups in total. The van der Waals surface area contributed by atoms with Crippen molar-refractivity contribution in [2.75, 3.05) is 19.0 Å². The molecule has 0 saturated heterocycles. The first-order valence-corrected chi connectivity index (χ1v) is 6.95. The predicted molar refractivity (Wildman–Crippen MR) is 81.5 cm³/mol. The number of carbonyl (C=O) groups excluding carboxylic acids is 1. The molecule has 1 aromatic heterocycles. The number of methoxy groups -OCH3 is 1. The number of rotatable bonds is 6. The molecule has 1 amide bonds. The van der Waals surface area contributed by atoms with E-state index in [9.17, 15) is 4.79 Å². The Kier molecular flexibility index (Phi) is 5.14. The average Bonchev–Trinajstić information content (AvgIpc) is 2.98. The molecule has 104 valence electrons. The van der Waals surface area contributed by atoms with Crippen LogP contribution in [0.2, 0.25) is 0 Å². The van der Waals surface area contributed by atoms with Gasteiger partial charge in [0.25, 0.3) is 5.91 Å². The van der Waals surface area contributed by atoms with Crippen molar-refractivity contribution in [2.24, 2.45) is 5.10 Å². The summed E-state index contributed by atoms with van der Waals surface area (Å²) in [6.45, 7) is 0.126. The molecule has 0 fully saturated rings. The van der Waals surface area contributed by atoms with Crippen LogP contribution in [0, 0.1) is 0 Å². The highest BCUT2D eigenvalue weighted by Crippen LogP contribution is 2.22. The first-order chi connectivity index (χ1) is 9.79. The SMILES string of the molecule is COc1ccccc1NCC(=O)N/N=C/c1ccsc1. The Balaban J connectivity index is 1.80. The number of para-hydroxylation sites is 2.